The molecule has 0 saturated heterocycles. The SMILES string of the molecule is CC(COCCCN)C(C)OCCCN. The number of nitrogens with two attached hydrogens (primary N) is 2. The monoisotopic (exact) mass is 218 g/mol. The molecular formula is C11H26N2O2. The van der Waals surface area contributed by atoms with Crippen LogP contribution in [0.15, 0.2) is 0 Å². The Balaban J connectivity index is 3.38. The molecule has 0 radical (unpaired) electrons. The van der Waals surface area contributed by atoms with Gasteiger partial charge >= 0.3 is 0 Å². The summed E-state index contributed by atoms with van der Waals surface area (Å²) in [4.78, 5) is 0. The Hall–Kier alpha value is -0.160. The van der Waals surface area contributed by atoms with Crippen molar-refractivity contribution in [1.29, 1.82) is 0 Å². The first-order valence-electron chi connectivity index (χ1n) is 5.81. The normalized spacial score (nSPS) is 15.2. The van der Waals surface area contributed by atoms with Gasteiger partial charge in [0.1, 0.15) is 0 Å². The highest BCUT2D eigenvalue weighted by atomic mass is 16.5. The fraction of sp³-hybridized carbons (Fsp3) is 1.00. The minimum absolute atomic E-state index is 0.231. The number of hydrogen-bond acceptors (Lipinski definition) is 4. The van der Waals surface area contributed by atoms with Crippen molar-refractivity contribution in [2.45, 2.75) is 32.8 Å². The topological polar surface area (TPSA) is 70.5 Å². The zero-order chi connectivity index (χ0) is 11.5. The van der Waals surface area contributed by atoms with Crippen molar-refractivity contribution in [1.82, 2.24) is 0 Å². The van der Waals surface area contributed by atoms with Gasteiger partial charge in [0.2, 0.25) is 0 Å². The molecule has 15 heavy (non-hydrogen) atoms. The third-order valence-corrected chi connectivity index (χ3v) is 2.40. The van der Waals surface area contributed by atoms with Gasteiger partial charge in [-0.25, -0.2) is 0 Å². The largest absolute Gasteiger partial charge is 0.381 e. The summed E-state index contributed by atoms with van der Waals surface area (Å²) in [7, 11) is 0. The van der Waals surface area contributed by atoms with Crippen LogP contribution in [-0.2, 0) is 9.47 Å². The summed E-state index contributed by atoms with van der Waals surface area (Å²) in [5.74, 6) is 0.417. The fourth-order valence-electron chi connectivity index (χ4n) is 1.11. The Labute approximate surface area is 93.3 Å². The predicted octanol–water partition coefficient (Wildman–Crippen LogP) is 0.742. The highest BCUT2D eigenvalue weighted by Gasteiger charge is 2.12. The first kappa shape index (κ1) is 14.8. The molecule has 0 amide bonds. The highest BCUT2D eigenvalue weighted by molar-refractivity contribution is 4.60. The van der Waals surface area contributed by atoms with E-state index in [0.717, 1.165) is 32.7 Å². The van der Waals surface area contributed by atoms with Gasteiger partial charge in [-0.1, -0.05) is 6.92 Å². The van der Waals surface area contributed by atoms with Crippen LogP contribution in [0.25, 0.3) is 0 Å². The minimum atomic E-state index is 0.231. The van der Waals surface area contributed by atoms with Crippen molar-refractivity contribution in [3.63, 3.8) is 0 Å². The molecule has 0 heterocycles. The van der Waals surface area contributed by atoms with Crippen molar-refractivity contribution in [3.05, 3.63) is 0 Å². The van der Waals surface area contributed by atoms with Crippen LogP contribution in [0.2, 0.25) is 0 Å². The minimum Gasteiger partial charge on any atom is -0.381 e. The summed E-state index contributed by atoms with van der Waals surface area (Å²) in [6.07, 6.45) is 2.08. The molecule has 2 unspecified atom stereocenters. The Morgan fingerprint density at radius 3 is 2.20 bits per heavy atom. The molecule has 0 spiro atoms. The van der Waals surface area contributed by atoms with Crippen LogP contribution in [0.3, 0.4) is 0 Å². The van der Waals surface area contributed by atoms with Crippen LogP contribution in [0.4, 0.5) is 0 Å². The van der Waals surface area contributed by atoms with Crippen LogP contribution in [0.5, 0.6) is 0 Å². The van der Waals surface area contributed by atoms with Gasteiger partial charge in [-0.05, 0) is 32.9 Å². The van der Waals surface area contributed by atoms with Crippen molar-refractivity contribution in [2.75, 3.05) is 32.9 Å². The summed E-state index contributed by atoms with van der Waals surface area (Å²) >= 11 is 0. The van der Waals surface area contributed by atoms with Gasteiger partial charge in [0.05, 0.1) is 12.7 Å². The van der Waals surface area contributed by atoms with Gasteiger partial charge in [0, 0.05) is 19.1 Å². The molecule has 0 saturated carbocycles. The maximum absolute atomic E-state index is 5.62. The zero-order valence-electron chi connectivity index (χ0n) is 10.1. The highest BCUT2D eigenvalue weighted by Crippen LogP contribution is 2.07. The third kappa shape index (κ3) is 8.81. The van der Waals surface area contributed by atoms with E-state index in [2.05, 4.69) is 13.8 Å². The van der Waals surface area contributed by atoms with Crippen molar-refractivity contribution < 1.29 is 9.47 Å². The molecule has 4 N–H and O–H groups in total. The fourth-order valence-corrected chi connectivity index (χ4v) is 1.11. The van der Waals surface area contributed by atoms with E-state index in [1.54, 1.807) is 0 Å². The summed E-state index contributed by atoms with van der Waals surface area (Å²) in [5, 5.41) is 0. The Bertz CT molecular complexity index is 134. The molecule has 92 valence electrons. The number of hydrogen-bond donors (Lipinski definition) is 2. The Morgan fingerprint density at radius 1 is 1.00 bits per heavy atom. The van der Waals surface area contributed by atoms with E-state index in [1.165, 1.54) is 0 Å². The van der Waals surface area contributed by atoms with Crippen molar-refractivity contribution in [3.8, 4) is 0 Å². The predicted molar refractivity (Wildman–Crippen MR) is 62.7 cm³/mol. The summed E-state index contributed by atoms with van der Waals surface area (Å²) in [6.45, 7) is 7.82. The van der Waals surface area contributed by atoms with Crippen LogP contribution in [-0.4, -0.2) is 39.0 Å². The first-order valence-corrected chi connectivity index (χ1v) is 5.81. The van der Waals surface area contributed by atoms with Crippen LogP contribution in [0.1, 0.15) is 26.7 Å². The smallest absolute Gasteiger partial charge is 0.0594 e. The molecular weight excluding hydrogens is 192 g/mol. The van der Waals surface area contributed by atoms with Gasteiger partial charge in [-0.3, -0.25) is 0 Å². The summed E-state index contributed by atoms with van der Waals surface area (Å²) < 4.78 is 11.1. The van der Waals surface area contributed by atoms with E-state index in [0.29, 0.717) is 19.0 Å². The molecule has 0 aromatic carbocycles. The molecule has 0 fully saturated rings. The standard InChI is InChI=1S/C11H26N2O2/c1-10(9-14-7-3-5-12)11(2)15-8-4-6-13/h10-11H,3-9,12-13H2,1-2H3. The molecule has 2 atom stereocenters. The maximum atomic E-state index is 5.62. The van der Waals surface area contributed by atoms with Crippen molar-refractivity contribution >= 4 is 0 Å². The number of ether oxygens (including phenoxy) is 2. The Kier molecular flexibility index (Phi) is 10.3. The summed E-state index contributed by atoms with van der Waals surface area (Å²) in [6, 6.07) is 0. The lowest BCUT2D eigenvalue weighted by Gasteiger charge is -2.20. The van der Waals surface area contributed by atoms with E-state index < -0.39 is 0 Å². The van der Waals surface area contributed by atoms with E-state index >= 15 is 0 Å². The van der Waals surface area contributed by atoms with E-state index in [9.17, 15) is 0 Å². The van der Waals surface area contributed by atoms with Crippen molar-refractivity contribution in [2.24, 2.45) is 17.4 Å². The van der Waals surface area contributed by atoms with Gasteiger partial charge in [0.15, 0.2) is 0 Å². The van der Waals surface area contributed by atoms with Gasteiger partial charge in [-0.2, -0.15) is 0 Å². The molecule has 0 rings (SSSR count). The second kappa shape index (κ2) is 10.4. The molecule has 0 aliphatic rings. The zero-order valence-corrected chi connectivity index (χ0v) is 10.1. The lowest BCUT2D eigenvalue weighted by atomic mass is 10.1. The first-order chi connectivity index (χ1) is 7.22. The molecule has 0 aromatic rings. The van der Waals surface area contributed by atoms with Crippen LogP contribution in [0, 0.1) is 5.92 Å². The van der Waals surface area contributed by atoms with E-state index in [1.807, 2.05) is 0 Å². The molecule has 0 aliphatic carbocycles. The molecule has 0 aromatic heterocycles. The van der Waals surface area contributed by atoms with Crippen LogP contribution >= 0.6 is 0 Å². The van der Waals surface area contributed by atoms with Crippen LogP contribution < -0.4 is 11.5 Å². The average molecular weight is 218 g/mol. The number of rotatable bonds is 10. The molecule has 0 aliphatic heterocycles. The second-order valence-electron chi connectivity index (χ2n) is 3.91. The molecule has 4 heteroatoms. The summed E-state index contributed by atoms with van der Waals surface area (Å²) in [5.41, 5.74) is 10.8. The third-order valence-electron chi connectivity index (χ3n) is 2.40. The van der Waals surface area contributed by atoms with Gasteiger partial charge in [-0.15, -0.1) is 0 Å². The quantitative estimate of drug-likeness (QED) is 0.531. The van der Waals surface area contributed by atoms with E-state index in [-0.39, 0.29) is 6.10 Å². The second-order valence-corrected chi connectivity index (χ2v) is 3.91. The van der Waals surface area contributed by atoms with Gasteiger partial charge < -0.3 is 20.9 Å². The lowest BCUT2D eigenvalue weighted by Crippen LogP contribution is -2.24. The van der Waals surface area contributed by atoms with E-state index in [4.69, 9.17) is 20.9 Å². The lowest BCUT2D eigenvalue weighted by molar-refractivity contribution is -0.00684. The molecule has 0 bridgehead atoms. The van der Waals surface area contributed by atoms with Gasteiger partial charge in [0.25, 0.3) is 0 Å². The average Bonchev–Trinajstić information content (AvgIpc) is 2.24. The molecule has 4 nitrogen and oxygen atoms in total. The Morgan fingerprint density at radius 2 is 1.60 bits per heavy atom. The maximum Gasteiger partial charge on any atom is 0.0594 e.